The van der Waals surface area contributed by atoms with E-state index in [1.165, 1.54) is 31.7 Å². The highest BCUT2D eigenvalue weighted by molar-refractivity contribution is 5.93. The van der Waals surface area contributed by atoms with Gasteiger partial charge in [0.1, 0.15) is 11.4 Å². The van der Waals surface area contributed by atoms with Crippen molar-refractivity contribution in [3.05, 3.63) is 59.7 Å². The van der Waals surface area contributed by atoms with Crippen molar-refractivity contribution in [3.63, 3.8) is 0 Å². The van der Waals surface area contributed by atoms with Crippen LogP contribution < -0.4 is 5.73 Å². The van der Waals surface area contributed by atoms with Gasteiger partial charge in [0, 0.05) is 13.1 Å². The van der Waals surface area contributed by atoms with Crippen LogP contribution in [0, 0.1) is 5.92 Å². The van der Waals surface area contributed by atoms with Crippen LogP contribution in [0.2, 0.25) is 0 Å². The minimum absolute atomic E-state index is 0.0587. The highest BCUT2D eigenvalue weighted by atomic mass is 16.2. The fraction of sp³-hybridized carbons (Fsp3) is 0.400. The Morgan fingerprint density at radius 3 is 2.27 bits per heavy atom. The van der Waals surface area contributed by atoms with E-state index in [4.69, 9.17) is 5.73 Å². The predicted molar refractivity (Wildman–Crippen MR) is 98.3 cm³/mol. The summed E-state index contributed by atoms with van der Waals surface area (Å²) in [5.74, 6) is -0.294. The van der Waals surface area contributed by atoms with Gasteiger partial charge in [-0.3, -0.25) is 9.59 Å². The molecule has 1 aliphatic carbocycles. The minimum Gasteiger partial charge on any atom is -0.364 e. The predicted octanol–water partition coefficient (Wildman–Crippen LogP) is 2.80. The van der Waals surface area contributed by atoms with Crippen LogP contribution in [0.15, 0.2) is 42.7 Å². The molecule has 3 rings (SSSR count). The first-order valence-electron chi connectivity index (χ1n) is 9.08. The summed E-state index contributed by atoms with van der Waals surface area (Å²) in [5, 5.41) is 0. The minimum atomic E-state index is -0.653. The second-order valence-electron chi connectivity index (χ2n) is 6.83. The van der Waals surface area contributed by atoms with E-state index in [0.717, 1.165) is 18.4 Å². The van der Waals surface area contributed by atoms with Crippen LogP contribution in [-0.2, 0) is 6.54 Å². The molecule has 1 aromatic heterocycles. The van der Waals surface area contributed by atoms with Crippen molar-refractivity contribution in [3.8, 4) is 0 Å². The standard InChI is InChI=1S/C20H24N4O2/c21-19(25)17-11-23-18(12-22-17)20(26)24(13-15-7-3-1-4-8-15)14-16-9-5-2-6-10-16/h1,3-4,7-8,11-12,16H,2,5-6,9-10,13-14H2,(H2,21,25). The summed E-state index contributed by atoms with van der Waals surface area (Å²) in [4.78, 5) is 34.1. The van der Waals surface area contributed by atoms with Crippen LogP contribution in [0.5, 0.6) is 0 Å². The summed E-state index contributed by atoms with van der Waals surface area (Å²) in [6.45, 7) is 1.25. The van der Waals surface area contributed by atoms with Crippen LogP contribution in [0.3, 0.4) is 0 Å². The molecule has 2 N–H and O–H groups in total. The van der Waals surface area contributed by atoms with E-state index in [0.29, 0.717) is 19.0 Å². The van der Waals surface area contributed by atoms with Gasteiger partial charge in [0.05, 0.1) is 12.4 Å². The maximum atomic E-state index is 13.0. The lowest BCUT2D eigenvalue weighted by Crippen LogP contribution is -2.36. The average molecular weight is 352 g/mol. The number of hydrogen-bond acceptors (Lipinski definition) is 4. The van der Waals surface area contributed by atoms with Gasteiger partial charge < -0.3 is 10.6 Å². The normalized spacial score (nSPS) is 14.8. The number of primary amides is 1. The number of nitrogens with zero attached hydrogens (tertiary/aromatic N) is 3. The first-order valence-corrected chi connectivity index (χ1v) is 9.08. The fourth-order valence-electron chi connectivity index (χ4n) is 3.43. The van der Waals surface area contributed by atoms with Crippen LogP contribution in [0.4, 0.5) is 0 Å². The highest BCUT2D eigenvalue weighted by Crippen LogP contribution is 2.25. The fourth-order valence-corrected chi connectivity index (χ4v) is 3.43. The van der Waals surface area contributed by atoms with Crippen LogP contribution >= 0.6 is 0 Å². The molecular weight excluding hydrogens is 328 g/mol. The van der Waals surface area contributed by atoms with Crippen molar-refractivity contribution >= 4 is 11.8 Å². The third kappa shape index (κ3) is 4.65. The molecule has 2 aromatic rings. The molecule has 2 amide bonds. The average Bonchev–Trinajstić information content (AvgIpc) is 2.68. The van der Waals surface area contributed by atoms with Crippen LogP contribution in [0.25, 0.3) is 0 Å². The van der Waals surface area contributed by atoms with E-state index >= 15 is 0 Å². The number of carbonyl (C=O) groups excluding carboxylic acids is 2. The van der Waals surface area contributed by atoms with Gasteiger partial charge >= 0.3 is 0 Å². The van der Waals surface area contributed by atoms with Crippen molar-refractivity contribution in [2.24, 2.45) is 11.7 Å². The molecule has 6 heteroatoms. The lowest BCUT2D eigenvalue weighted by atomic mass is 9.89. The Hall–Kier alpha value is -2.76. The lowest BCUT2D eigenvalue weighted by molar-refractivity contribution is 0.0692. The molecule has 1 heterocycles. The summed E-state index contributed by atoms with van der Waals surface area (Å²) >= 11 is 0. The quantitative estimate of drug-likeness (QED) is 0.866. The number of nitrogens with two attached hydrogens (primary N) is 1. The van der Waals surface area contributed by atoms with Gasteiger partial charge in [-0.05, 0) is 24.3 Å². The molecule has 136 valence electrons. The van der Waals surface area contributed by atoms with Crippen molar-refractivity contribution < 1.29 is 9.59 Å². The molecule has 0 atom stereocenters. The Morgan fingerprint density at radius 1 is 1.00 bits per heavy atom. The summed E-state index contributed by atoms with van der Waals surface area (Å²) in [5.41, 5.74) is 6.57. The van der Waals surface area contributed by atoms with E-state index in [9.17, 15) is 9.59 Å². The summed E-state index contributed by atoms with van der Waals surface area (Å²) < 4.78 is 0. The SMILES string of the molecule is NC(=O)c1cnc(C(=O)N(Cc2ccccc2)CC2CCCCC2)cn1. The molecule has 0 bridgehead atoms. The largest absolute Gasteiger partial charge is 0.364 e. The van der Waals surface area contributed by atoms with Gasteiger partial charge in [-0.1, -0.05) is 49.6 Å². The van der Waals surface area contributed by atoms with Gasteiger partial charge in [-0.15, -0.1) is 0 Å². The van der Waals surface area contributed by atoms with E-state index in [-0.39, 0.29) is 17.3 Å². The highest BCUT2D eigenvalue weighted by Gasteiger charge is 2.23. The Labute approximate surface area is 153 Å². The number of aromatic nitrogens is 2. The van der Waals surface area contributed by atoms with Gasteiger partial charge in [0.25, 0.3) is 11.8 Å². The zero-order valence-corrected chi connectivity index (χ0v) is 14.8. The lowest BCUT2D eigenvalue weighted by Gasteiger charge is -2.29. The third-order valence-electron chi connectivity index (χ3n) is 4.83. The molecule has 0 spiro atoms. The molecule has 1 aromatic carbocycles. The Kier molecular flexibility index (Phi) is 5.94. The second kappa shape index (κ2) is 8.56. The van der Waals surface area contributed by atoms with E-state index < -0.39 is 5.91 Å². The smallest absolute Gasteiger partial charge is 0.274 e. The number of carbonyl (C=O) groups is 2. The van der Waals surface area contributed by atoms with E-state index in [1.54, 1.807) is 0 Å². The maximum absolute atomic E-state index is 13.0. The Balaban J connectivity index is 1.78. The van der Waals surface area contributed by atoms with Crippen molar-refractivity contribution in [1.82, 2.24) is 14.9 Å². The number of benzene rings is 1. The maximum Gasteiger partial charge on any atom is 0.274 e. The third-order valence-corrected chi connectivity index (χ3v) is 4.83. The summed E-state index contributed by atoms with van der Waals surface area (Å²) in [6.07, 6.45) is 8.65. The molecular formula is C20H24N4O2. The molecule has 1 saturated carbocycles. The van der Waals surface area contributed by atoms with Gasteiger partial charge in [-0.2, -0.15) is 0 Å². The van der Waals surface area contributed by atoms with Crippen LogP contribution in [0.1, 0.15) is 58.6 Å². The molecule has 0 unspecified atom stereocenters. The van der Waals surface area contributed by atoms with Crippen molar-refractivity contribution in [2.45, 2.75) is 38.6 Å². The summed E-state index contributed by atoms with van der Waals surface area (Å²) in [7, 11) is 0. The molecule has 0 radical (unpaired) electrons. The van der Waals surface area contributed by atoms with Crippen molar-refractivity contribution in [2.75, 3.05) is 6.54 Å². The zero-order valence-electron chi connectivity index (χ0n) is 14.8. The Bertz CT molecular complexity index is 740. The molecule has 0 saturated heterocycles. The first-order chi connectivity index (χ1) is 12.6. The van der Waals surface area contributed by atoms with E-state index in [2.05, 4.69) is 9.97 Å². The molecule has 1 fully saturated rings. The molecule has 6 nitrogen and oxygen atoms in total. The summed E-state index contributed by atoms with van der Waals surface area (Å²) in [6, 6.07) is 9.94. The monoisotopic (exact) mass is 352 g/mol. The van der Waals surface area contributed by atoms with Gasteiger partial charge in [-0.25, -0.2) is 9.97 Å². The molecule has 0 aliphatic heterocycles. The van der Waals surface area contributed by atoms with E-state index in [1.807, 2.05) is 35.2 Å². The number of rotatable bonds is 6. The van der Waals surface area contributed by atoms with Crippen molar-refractivity contribution in [1.29, 1.82) is 0 Å². The second-order valence-corrected chi connectivity index (χ2v) is 6.83. The number of amides is 2. The molecule has 1 aliphatic rings. The first kappa shape index (κ1) is 18.0. The topological polar surface area (TPSA) is 89.2 Å². The molecule has 26 heavy (non-hydrogen) atoms. The zero-order chi connectivity index (χ0) is 18.4. The van der Waals surface area contributed by atoms with Gasteiger partial charge in [0.15, 0.2) is 0 Å². The van der Waals surface area contributed by atoms with Gasteiger partial charge in [0.2, 0.25) is 0 Å². The number of hydrogen-bond donors (Lipinski definition) is 1. The van der Waals surface area contributed by atoms with Crippen LogP contribution in [-0.4, -0.2) is 33.2 Å². The Morgan fingerprint density at radius 2 is 1.65 bits per heavy atom.